The number of hydrogen-bond donors (Lipinski definition) is 1. The van der Waals surface area contributed by atoms with Gasteiger partial charge in [-0.2, -0.15) is 13.2 Å². The van der Waals surface area contributed by atoms with E-state index in [1.807, 2.05) is 0 Å². The highest BCUT2D eigenvalue weighted by atomic mass is 19.4. The fourth-order valence-corrected chi connectivity index (χ4v) is 2.77. The van der Waals surface area contributed by atoms with Crippen molar-refractivity contribution in [2.75, 3.05) is 18.2 Å². The van der Waals surface area contributed by atoms with Crippen LogP contribution in [0.5, 0.6) is 11.5 Å². The standard InChI is InChI=1S/C19H17F3N2O4/c1-12(25)24(15-5-3-2-4-14(15)19(20,21)22)10-18(26)23-9-13-6-7-16-17(8-13)28-11-27-16/h2-8H,9-11H2,1H3,(H,23,26). The summed E-state index contributed by atoms with van der Waals surface area (Å²) in [6.07, 6.45) is -4.65. The Morgan fingerprint density at radius 2 is 1.82 bits per heavy atom. The molecule has 1 aliphatic rings. The van der Waals surface area contributed by atoms with Crippen molar-refractivity contribution in [1.29, 1.82) is 0 Å². The largest absolute Gasteiger partial charge is 0.454 e. The number of nitrogens with zero attached hydrogens (tertiary/aromatic N) is 1. The summed E-state index contributed by atoms with van der Waals surface area (Å²) in [6.45, 7) is 0.824. The van der Waals surface area contributed by atoms with Crippen molar-refractivity contribution in [1.82, 2.24) is 5.32 Å². The quantitative estimate of drug-likeness (QED) is 0.846. The van der Waals surface area contributed by atoms with Crippen LogP contribution in [0.4, 0.5) is 18.9 Å². The second-order valence-corrected chi connectivity index (χ2v) is 6.08. The van der Waals surface area contributed by atoms with Gasteiger partial charge in [-0.1, -0.05) is 18.2 Å². The second kappa shape index (κ2) is 7.79. The van der Waals surface area contributed by atoms with E-state index in [0.717, 1.165) is 29.5 Å². The number of rotatable bonds is 5. The zero-order valence-electron chi connectivity index (χ0n) is 14.9. The molecule has 0 saturated carbocycles. The highest BCUT2D eigenvalue weighted by molar-refractivity contribution is 5.98. The topological polar surface area (TPSA) is 67.9 Å². The van der Waals surface area contributed by atoms with Crippen LogP contribution in [0.3, 0.4) is 0 Å². The highest BCUT2D eigenvalue weighted by Crippen LogP contribution is 2.36. The molecule has 1 heterocycles. The maximum absolute atomic E-state index is 13.2. The Bertz CT molecular complexity index is 899. The second-order valence-electron chi connectivity index (χ2n) is 6.08. The first kappa shape index (κ1) is 19.5. The van der Waals surface area contributed by atoms with Gasteiger partial charge in [0, 0.05) is 13.5 Å². The molecule has 2 aromatic carbocycles. The summed E-state index contributed by atoms with van der Waals surface area (Å²) in [4.78, 5) is 25.0. The lowest BCUT2D eigenvalue weighted by Gasteiger charge is -2.24. The van der Waals surface area contributed by atoms with Gasteiger partial charge in [-0.05, 0) is 29.8 Å². The molecule has 0 spiro atoms. The first-order valence-electron chi connectivity index (χ1n) is 8.35. The Morgan fingerprint density at radius 3 is 2.54 bits per heavy atom. The van der Waals surface area contributed by atoms with Gasteiger partial charge >= 0.3 is 6.18 Å². The van der Waals surface area contributed by atoms with Gasteiger partial charge < -0.3 is 19.7 Å². The van der Waals surface area contributed by atoms with Crippen LogP contribution in [0.2, 0.25) is 0 Å². The van der Waals surface area contributed by atoms with Crippen molar-refractivity contribution in [2.45, 2.75) is 19.6 Å². The highest BCUT2D eigenvalue weighted by Gasteiger charge is 2.35. The van der Waals surface area contributed by atoms with E-state index in [4.69, 9.17) is 9.47 Å². The monoisotopic (exact) mass is 394 g/mol. The third-order valence-electron chi connectivity index (χ3n) is 4.11. The van der Waals surface area contributed by atoms with E-state index in [1.165, 1.54) is 12.1 Å². The number of para-hydroxylation sites is 1. The molecule has 2 amide bonds. The molecule has 0 atom stereocenters. The normalized spacial score (nSPS) is 12.6. The molecule has 1 aliphatic heterocycles. The number of fused-ring (bicyclic) bond motifs is 1. The van der Waals surface area contributed by atoms with Gasteiger partial charge in [0.1, 0.15) is 6.54 Å². The average Bonchev–Trinajstić information content (AvgIpc) is 3.11. The fraction of sp³-hybridized carbons (Fsp3) is 0.263. The van der Waals surface area contributed by atoms with Gasteiger partial charge in [-0.3, -0.25) is 9.59 Å². The van der Waals surface area contributed by atoms with Crippen molar-refractivity contribution < 1.29 is 32.2 Å². The molecule has 3 rings (SSSR count). The minimum absolute atomic E-state index is 0.122. The van der Waals surface area contributed by atoms with Gasteiger partial charge in [-0.15, -0.1) is 0 Å². The molecule has 0 fully saturated rings. The minimum Gasteiger partial charge on any atom is -0.454 e. The van der Waals surface area contributed by atoms with E-state index in [1.54, 1.807) is 18.2 Å². The number of alkyl halides is 3. The molecule has 0 aromatic heterocycles. The van der Waals surface area contributed by atoms with Gasteiger partial charge in [0.25, 0.3) is 0 Å². The molecule has 0 bridgehead atoms. The van der Waals surface area contributed by atoms with Crippen LogP contribution in [0.1, 0.15) is 18.1 Å². The number of halogens is 3. The third kappa shape index (κ3) is 4.36. The molecular weight excluding hydrogens is 377 g/mol. The summed E-state index contributed by atoms with van der Waals surface area (Å²) >= 11 is 0. The molecule has 0 radical (unpaired) electrons. The average molecular weight is 394 g/mol. The molecular formula is C19H17F3N2O4. The summed E-state index contributed by atoms with van der Waals surface area (Å²) < 4.78 is 50.1. The van der Waals surface area contributed by atoms with Gasteiger partial charge in [0.2, 0.25) is 18.6 Å². The van der Waals surface area contributed by atoms with Crippen molar-refractivity contribution >= 4 is 17.5 Å². The molecule has 0 saturated heterocycles. The van der Waals surface area contributed by atoms with Gasteiger partial charge in [0.15, 0.2) is 11.5 Å². The van der Waals surface area contributed by atoms with E-state index in [-0.39, 0.29) is 19.0 Å². The van der Waals surface area contributed by atoms with Crippen LogP contribution < -0.4 is 19.7 Å². The summed E-state index contributed by atoms with van der Waals surface area (Å²) in [5, 5.41) is 2.59. The molecule has 6 nitrogen and oxygen atoms in total. The smallest absolute Gasteiger partial charge is 0.418 e. The van der Waals surface area contributed by atoms with Gasteiger partial charge in [-0.25, -0.2) is 0 Å². The van der Waals surface area contributed by atoms with Crippen LogP contribution in [0.25, 0.3) is 0 Å². The van der Waals surface area contributed by atoms with Crippen molar-refractivity contribution in [3.8, 4) is 11.5 Å². The zero-order valence-corrected chi connectivity index (χ0v) is 14.9. The molecule has 28 heavy (non-hydrogen) atoms. The van der Waals surface area contributed by atoms with Crippen LogP contribution >= 0.6 is 0 Å². The number of nitrogens with one attached hydrogen (secondary N) is 1. The number of benzene rings is 2. The Morgan fingerprint density at radius 1 is 1.11 bits per heavy atom. The van der Waals surface area contributed by atoms with Gasteiger partial charge in [0.05, 0.1) is 11.3 Å². The Balaban J connectivity index is 1.70. The van der Waals surface area contributed by atoms with Crippen LogP contribution in [0, 0.1) is 0 Å². The van der Waals surface area contributed by atoms with Crippen LogP contribution in [-0.4, -0.2) is 25.2 Å². The molecule has 1 N–H and O–H groups in total. The van der Waals surface area contributed by atoms with Crippen LogP contribution in [0.15, 0.2) is 42.5 Å². The predicted molar refractivity (Wildman–Crippen MR) is 93.9 cm³/mol. The van der Waals surface area contributed by atoms with E-state index in [9.17, 15) is 22.8 Å². The Hall–Kier alpha value is -3.23. The summed E-state index contributed by atoms with van der Waals surface area (Å²) in [5.74, 6) is -0.113. The lowest BCUT2D eigenvalue weighted by molar-refractivity contribution is -0.137. The summed E-state index contributed by atoms with van der Waals surface area (Å²) in [5.41, 5.74) is -0.614. The third-order valence-corrected chi connectivity index (χ3v) is 4.11. The summed E-state index contributed by atoms with van der Waals surface area (Å²) in [6, 6.07) is 9.77. The first-order valence-corrected chi connectivity index (χ1v) is 8.35. The maximum Gasteiger partial charge on any atom is 0.418 e. The first-order chi connectivity index (χ1) is 13.3. The molecule has 2 aromatic rings. The fourth-order valence-electron chi connectivity index (χ4n) is 2.77. The number of hydrogen-bond acceptors (Lipinski definition) is 4. The number of amides is 2. The number of carbonyl (C=O) groups is 2. The number of carbonyl (C=O) groups excluding carboxylic acids is 2. The SMILES string of the molecule is CC(=O)N(CC(=O)NCc1ccc2c(c1)OCO2)c1ccccc1C(F)(F)F. The number of anilines is 1. The van der Waals surface area contributed by atoms with Crippen LogP contribution in [-0.2, 0) is 22.3 Å². The van der Waals surface area contributed by atoms with Crippen molar-refractivity contribution in [3.05, 3.63) is 53.6 Å². The van der Waals surface area contributed by atoms with Crippen molar-refractivity contribution in [2.24, 2.45) is 0 Å². The van der Waals surface area contributed by atoms with E-state index >= 15 is 0 Å². The Labute approximate surface area is 158 Å². The summed E-state index contributed by atoms with van der Waals surface area (Å²) in [7, 11) is 0. The molecule has 0 aliphatic carbocycles. The van der Waals surface area contributed by atoms with E-state index < -0.39 is 30.1 Å². The Kier molecular flexibility index (Phi) is 5.43. The van der Waals surface area contributed by atoms with E-state index in [2.05, 4.69) is 5.32 Å². The molecule has 148 valence electrons. The minimum atomic E-state index is -4.65. The lowest BCUT2D eigenvalue weighted by atomic mass is 10.1. The molecule has 0 unspecified atom stereocenters. The lowest BCUT2D eigenvalue weighted by Crippen LogP contribution is -2.40. The van der Waals surface area contributed by atoms with Crippen molar-refractivity contribution in [3.63, 3.8) is 0 Å². The molecule has 9 heteroatoms. The zero-order chi connectivity index (χ0) is 20.3. The number of ether oxygens (including phenoxy) is 2. The predicted octanol–water partition coefficient (Wildman–Crippen LogP) is 3.10. The maximum atomic E-state index is 13.2. The van der Waals surface area contributed by atoms with E-state index in [0.29, 0.717) is 11.5 Å².